The third kappa shape index (κ3) is 3.67. The van der Waals surface area contributed by atoms with Crippen molar-refractivity contribution in [2.24, 2.45) is 5.10 Å². The molecule has 3 N–H and O–H groups in total. The van der Waals surface area contributed by atoms with Gasteiger partial charge in [0.25, 0.3) is 5.56 Å². The number of aromatic amines is 1. The number of para-hydroxylation sites is 2. The highest BCUT2D eigenvalue weighted by Crippen LogP contribution is 2.19. The summed E-state index contributed by atoms with van der Waals surface area (Å²) in [6.45, 7) is 3.75. The average Bonchev–Trinajstić information content (AvgIpc) is 2.66. The van der Waals surface area contributed by atoms with Crippen molar-refractivity contribution in [1.29, 1.82) is 0 Å². The lowest BCUT2D eigenvalue weighted by Gasteiger charge is -2.13. The van der Waals surface area contributed by atoms with Crippen molar-refractivity contribution in [1.82, 2.24) is 9.55 Å². The van der Waals surface area contributed by atoms with Gasteiger partial charge in [-0.25, -0.2) is 9.36 Å². The molecule has 0 aliphatic heterocycles. The zero-order valence-electron chi connectivity index (χ0n) is 15.1. The number of hydrazone groups is 1. The maximum atomic E-state index is 12.4. The fourth-order valence-corrected chi connectivity index (χ4v) is 2.74. The van der Waals surface area contributed by atoms with Crippen molar-refractivity contribution in [2.45, 2.75) is 20.3 Å². The first-order valence-electron chi connectivity index (χ1n) is 8.55. The van der Waals surface area contributed by atoms with E-state index in [0.29, 0.717) is 17.8 Å². The van der Waals surface area contributed by atoms with Crippen LogP contribution in [0.15, 0.2) is 69.3 Å². The molecular weight excluding hydrogens is 344 g/mol. The topological polar surface area (TPSA) is 99.5 Å². The Hall–Kier alpha value is -3.61. The minimum atomic E-state index is -0.713. The van der Waals surface area contributed by atoms with Crippen molar-refractivity contribution in [2.75, 3.05) is 5.43 Å². The van der Waals surface area contributed by atoms with Crippen LogP contribution in [0, 0.1) is 6.92 Å². The molecule has 3 rings (SSSR count). The van der Waals surface area contributed by atoms with Crippen LogP contribution < -0.4 is 16.7 Å². The summed E-state index contributed by atoms with van der Waals surface area (Å²) in [6.07, 6.45) is 0.377. The highest BCUT2D eigenvalue weighted by Gasteiger charge is 2.19. The fourth-order valence-electron chi connectivity index (χ4n) is 2.74. The Morgan fingerprint density at radius 2 is 1.78 bits per heavy atom. The van der Waals surface area contributed by atoms with E-state index in [9.17, 15) is 14.7 Å². The first kappa shape index (κ1) is 18.2. The van der Waals surface area contributed by atoms with E-state index in [4.69, 9.17) is 0 Å². The van der Waals surface area contributed by atoms with E-state index in [-0.39, 0.29) is 5.56 Å². The van der Waals surface area contributed by atoms with Gasteiger partial charge in [0, 0.05) is 0 Å². The van der Waals surface area contributed by atoms with Crippen molar-refractivity contribution >= 4 is 11.4 Å². The van der Waals surface area contributed by atoms with Crippen LogP contribution in [0.25, 0.3) is 5.69 Å². The quantitative estimate of drug-likeness (QED) is 0.479. The molecule has 0 radical (unpaired) electrons. The second kappa shape index (κ2) is 7.74. The molecule has 3 aromatic rings. The zero-order chi connectivity index (χ0) is 19.4. The van der Waals surface area contributed by atoms with Crippen LogP contribution in [0.4, 0.5) is 5.69 Å². The van der Waals surface area contributed by atoms with E-state index in [1.165, 1.54) is 0 Å². The van der Waals surface area contributed by atoms with E-state index >= 15 is 0 Å². The van der Waals surface area contributed by atoms with Crippen molar-refractivity contribution in [3.63, 3.8) is 0 Å². The molecular formula is C20H20N4O3. The van der Waals surface area contributed by atoms with E-state index < -0.39 is 17.1 Å². The van der Waals surface area contributed by atoms with Gasteiger partial charge in [0.2, 0.25) is 5.88 Å². The van der Waals surface area contributed by atoms with Gasteiger partial charge in [-0.15, -0.1) is 0 Å². The molecule has 138 valence electrons. The summed E-state index contributed by atoms with van der Waals surface area (Å²) in [4.78, 5) is 26.9. The summed E-state index contributed by atoms with van der Waals surface area (Å²) >= 11 is 0. The Bertz CT molecular complexity index is 1100. The van der Waals surface area contributed by atoms with Crippen LogP contribution in [-0.4, -0.2) is 20.4 Å². The van der Waals surface area contributed by atoms with Crippen molar-refractivity contribution in [3.05, 3.63) is 86.6 Å². The molecule has 1 heterocycles. The molecule has 0 amide bonds. The lowest BCUT2D eigenvalue weighted by molar-refractivity contribution is 0.429. The number of nitrogens with one attached hydrogen (secondary N) is 2. The molecule has 0 spiro atoms. The van der Waals surface area contributed by atoms with Gasteiger partial charge >= 0.3 is 5.69 Å². The highest BCUT2D eigenvalue weighted by atomic mass is 16.3. The minimum Gasteiger partial charge on any atom is -0.493 e. The number of rotatable bonds is 5. The fraction of sp³-hybridized carbons (Fsp3) is 0.150. The van der Waals surface area contributed by atoms with Gasteiger partial charge in [-0.2, -0.15) is 5.10 Å². The molecule has 0 aliphatic rings. The second-order valence-corrected chi connectivity index (χ2v) is 5.97. The number of nitrogens with zero attached hydrogens (tertiary/aromatic N) is 2. The number of H-pyrrole nitrogens is 1. The number of benzene rings is 2. The van der Waals surface area contributed by atoms with Crippen molar-refractivity contribution in [3.8, 4) is 11.6 Å². The van der Waals surface area contributed by atoms with Crippen LogP contribution >= 0.6 is 0 Å². The van der Waals surface area contributed by atoms with Crippen LogP contribution in [0.5, 0.6) is 5.88 Å². The third-order valence-electron chi connectivity index (χ3n) is 4.18. The molecule has 7 heteroatoms. The molecule has 0 aliphatic carbocycles. The molecule has 7 nitrogen and oxygen atoms in total. The first-order chi connectivity index (χ1) is 13.0. The molecule has 27 heavy (non-hydrogen) atoms. The van der Waals surface area contributed by atoms with E-state index in [1.54, 1.807) is 30.3 Å². The summed E-state index contributed by atoms with van der Waals surface area (Å²) < 4.78 is 1.05. The van der Waals surface area contributed by atoms with Gasteiger partial charge in [-0.05, 0) is 37.1 Å². The Balaban J connectivity index is 2.12. The second-order valence-electron chi connectivity index (χ2n) is 5.97. The Morgan fingerprint density at radius 3 is 2.44 bits per heavy atom. The van der Waals surface area contributed by atoms with Crippen LogP contribution in [0.3, 0.4) is 0 Å². The SMILES string of the molecule is CC/C(=N\Nc1ccccc1C)c1c(O)n(-c2ccccc2)c(=O)[nH]c1=O. The lowest BCUT2D eigenvalue weighted by Crippen LogP contribution is -2.33. The predicted molar refractivity (Wildman–Crippen MR) is 106 cm³/mol. The number of aryl methyl sites for hydroxylation is 1. The zero-order valence-corrected chi connectivity index (χ0v) is 15.1. The summed E-state index contributed by atoms with van der Waals surface area (Å²) in [5.74, 6) is -0.442. The van der Waals surface area contributed by atoms with Crippen LogP contribution in [0.1, 0.15) is 24.5 Å². The van der Waals surface area contributed by atoms with E-state index in [0.717, 1.165) is 15.8 Å². The Labute approximate surface area is 155 Å². The van der Waals surface area contributed by atoms with Gasteiger partial charge in [0.1, 0.15) is 5.56 Å². The predicted octanol–water partition coefficient (Wildman–Crippen LogP) is 2.77. The third-order valence-corrected chi connectivity index (χ3v) is 4.18. The van der Waals surface area contributed by atoms with Gasteiger partial charge in [0.05, 0.1) is 17.1 Å². The normalized spacial score (nSPS) is 11.4. The van der Waals surface area contributed by atoms with E-state index in [2.05, 4.69) is 15.5 Å². The monoisotopic (exact) mass is 364 g/mol. The minimum absolute atomic E-state index is 0.0398. The molecule has 2 aromatic carbocycles. The Morgan fingerprint density at radius 1 is 1.11 bits per heavy atom. The molecule has 0 unspecified atom stereocenters. The maximum absolute atomic E-state index is 12.4. The molecule has 0 saturated carbocycles. The molecule has 1 aromatic heterocycles. The highest BCUT2D eigenvalue weighted by molar-refractivity contribution is 6.02. The summed E-state index contributed by atoms with van der Waals surface area (Å²) in [5, 5.41) is 15.0. The standard InChI is InChI=1S/C20H20N4O3/c1-3-15(22-23-16-12-8-7-9-13(16)2)17-18(25)21-20(27)24(19(17)26)14-10-5-4-6-11-14/h4-12,23,26H,3H2,1-2H3,(H,21,25,27)/b22-15+. The molecule has 0 fully saturated rings. The smallest absolute Gasteiger partial charge is 0.335 e. The largest absolute Gasteiger partial charge is 0.493 e. The van der Waals surface area contributed by atoms with Crippen LogP contribution in [0.2, 0.25) is 0 Å². The number of aromatic hydroxyl groups is 1. The van der Waals surface area contributed by atoms with Gasteiger partial charge in [0.15, 0.2) is 0 Å². The summed E-state index contributed by atoms with van der Waals surface area (Å²) in [5.41, 5.74) is 4.05. The lowest BCUT2D eigenvalue weighted by atomic mass is 10.1. The average molecular weight is 364 g/mol. The van der Waals surface area contributed by atoms with Crippen LogP contribution in [-0.2, 0) is 0 Å². The number of aromatic nitrogens is 2. The van der Waals surface area contributed by atoms with Gasteiger partial charge in [-0.1, -0.05) is 43.3 Å². The van der Waals surface area contributed by atoms with E-state index in [1.807, 2.05) is 38.1 Å². The maximum Gasteiger partial charge on any atom is 0.335 e. The summed E-state index contributed by atoms with van der Waals surface area (Å²) in [7, 11) is 0. The van der Waals surface area contributed by atoms with Gasteiger partial charge in [-0.3, -0.25) is 15.2 Å². The molecule has 0 atom stereocenters. The molecule has 0 bridgehead atoms. The van der Waals surface area contributed by atoms with Gasteiger partial charge < -0.3 is 5.11 Å². The number of hydrogen-bond donors (Lipinski definition) is 3. The first-order valence-corrected chi connectivity index (χ1v) is 8.55. The number of anilines is 1. The Kier molecular flexibility index (Phi) is 5.21. The number of hydrogen-bond acceptors (Lipinski definition) is 5. The summed E-state index contributed by atoms with van der Waals surface area (Å²) in [6, 6.07) is 16.2. The molecule has 0 saturated heterocycles. The van der Waals surface area contributed by atoms with Crippen molar-refractivity contribution < 1.29 is 5.11 Å².